The lowest BCUT2D eigenvalue weighted by molar-refractivity contribution is -0.120. The molecule has 0 saturated carbocycles. The van der Waals surface area contributed by atoms with Crippen molar-refractivity contribution in [3.63, 3.8) is 0 Å². The van der Waals surface area contributed by atoms with Crippen LogP contribution in [0.1, 0.15) is 11.1 Å². The molecule has 1 aromatic carbocycles. The number of halogens is 2. The van der Waals surface area contributed by atoms with Crippen LogP contribution in [-0.2, 0) is 22.5 Å². The van der Waals surface area contributed by atoms with Crippen molar-refractivity contribution in [1.29, 1.82) is 0 Å². The Kier molecular flexibility index (Phi) is 8.11. The second-order valence-corrected chi connectivity index (χ2v) is 8.64. The first-order valence-corrected chi connectivity index (χ1v) is 12.3. The molecule has 3 aromatic rings. The lowest BCUT2D eigenvalue weighted by atomic mass is 10.1. The number of hydrogen-bond acceptors (Lipinski definition) is 7. The SMILES string of the molecule is O=C(Cc1ccc(CN2CCOCC2)c(Cl)c1)NCCN(CI)c1ccc2nncn2n1. The molecular weight excluding hydrogens is 545 g/mol. The van der Waals surface area contributed by atoms with E-state index >= 15 is 0 Å². The number of alkyl halides is 1. The van der Waals surface area contributed by atoms with Crippen molar-refractivity contribution in [3.05, 3.63) is 52.8 Å². The topological polar surface area (TPSA) is 87.9 Å². The van der Waals surface area contributed by atoms with Crippen molar-refractivity contribution in [1.82, 2.24) is 30.0 Å². The number of carbonyl (C=O) groups is 1. The molecule has 4 rings (SSSR count). The Balaban J connectivity index is 1.26. The van der Waals surface area contributed by atoms with E-state index in [1.54, 1.807) is 10.8 Å². The molecule has 2 aromatic heterocycles. The summed E-state index contributed by atoms with van der Waals surface area (Å²) in [5.41, 5.74) is 2.68. The molecule has 1 fully saturated rings. The van der Waals surface area contributed by atoms with Crippen molar-refractivity contribution in [2.75, 3.05) is 48.8 Å². The highest BCUT2D eigenvalue weighted by Gasteiger charge is 2.14. The van der Waals surface area contributed by atoms with Crippen LogP contribution in [0, 0.1) is 0 Å². The number of carbonyl (C=O) groups excluding carboxylic acids is 1. The van der Waals surface area contributed by atoms with Crippen LogP contribution in [0.3, 0.4) is 0 Å². The molecule has 1 aliphatic heterocycles. The number of rotatable bonds is 9. The average molecular weight is 570 g/mol. The van der Waals surface area contributed by atoms with E-state index < -0.39 is 0 Å². The molecule has 32 heavy (non-hydrogen) atoms. The summed E-state index contributed by atoms with van der Waals surface area (Å²) in [4.78, 5) is 16.8. The van der Waals surface area contributed by atoms with Crippen LogP contribution in [0.2, 0.25) is 5.02 Å². The minimum absolute atomic E-state index is 0.0300. The third kappa shape index (κ3) is 6.06. The second-order valence-electron chi connectivity index (χ2n) is 7.55. The van der Waals surface area contributed by atoms with E-state index in [2.05, 4.69) is 53.0 Å². The Bertz CT molecular complexity index is 1060. The quantitative estimate of drug-likeness (QED) is 0.240. The van der Waals surface area contributed by atoms with Gasteiger partial charge in [0, 0.05) is 37.7 Å². The molecule has 0 bridgehead atoms. The van der Waals surface area contributed by atoms with E-state index in [4.69, 9.17) is 16.3 Å². The highest BCUT2D eigenvalue weighted by atomic mass is 127. The number of amides is 1. The van der Waals surface area contributed by atoms with Gasteiger partial charge in [-0.15, -0.1) is 15.3 Å². The minimum Gasteiger partial charge on any atom is -0.379 e. The Morgan fingerprint density at radius 2 is 2.09 bits per heavy atom. The maximum absolute atomic E-state index is 12.4. The predicted molar refractivity (Wildman–Crippen MR) is 131 cm³/mol. The normalized spacial score (nSPS) is 14.6. The first-order chi connectivity index (χ1) is 15.6. The van der Waals surface area contributed by atoms with Gasteiger partial charge in [0.2, 0.25) is 5.91 Å². The van der Waals surface area contributed by atoms with Gasteiger partial charge in [0.05, 0.1) is 24.2 Å². The Morgan fingerprint density at radius 1 is 1.25 bits per heavy atom. The minimum atomic E-state index is -0.0300. The zero-order chi connectivity index (χ0) is 22.3. The van der Waals surface area contributed by atoms with Gasteiger partial charge in [-0.1, -0.05) is 46.3 Å². The molecule has 170 valence electrons. The number of nitrogens with one attached hydrogen (secondary N) is 1. The molecule has 1 aliphatic rings. The van der Waals surface area contributed by atoms with Gasteiger partial charge < -0.3 is 15.0 Å². The second kappa shape index (κ2) is 11.2. The van der Waals surface area contributed by atoms with Crippen LogP contribution in [-0.4, -0.2) is 74.6 Å². The van der Waals surface area contributed by atoms with Gasteiger partial charge in [0.25, 0.3) is 0 Å². The van der Waals surface area contributed by atoms with E-state index in [9.17, 15) is 4.79 Å². The summed E-state index contributed by atoms with van der Waals surface area (Å²) in [6.07, 6.45) is 1.87. The van der Waals surface area contributed by atoms with Gasteiger partial charge in [-0.3, -0.25) is 9.69 Å². The summed E-state index contributed by atoms with van der Waals surface area (Å²) in [7, 11) is 0. The third-order valence-corrected chi connectivity index (χ3v) is 6.47. The van der Waals surface area contributed by atoms with Crippen molar-refractivity contribution in [2.24, 2.45) is 0 Å². The van der Waals surface area contributed by atoms with Crippen molar-refractivity contribution in [2.45, 2.75) is 13.0 Å². The first-order valence-electron chi connectivity index (χ1n) is 10.4. The summed E-state index contributed by atoms with van der Waals surface area (Å²) in [5, 5.41) is 16.0. The lowest BCUT2D eigenvalue weighted by Gasteiger charge is -2.27. The monoisotopic (exact) mass is 569 g/mol. The maximum Gasteiger partial charge on any atom is 0.224 e. The largest absolute Gasteiger partial charge is 0.379 e. The number of aromatic nitrogens is 4. The highest BCUT2D eigenvalue weighted by molar-refractivity contribution is 14.1. The van der Waals surface area contributed by atoms with Gasteiger partial charge in [-0.25, -0.2) is 0 Å². The van der Waals surface area contributed by atoms with Crippen LogP contribution in [0.25, 0.3) is 5.65 Å². The van der Waals surface area contributed by atoms with Gasteiger partial charge in [-0.05, 0) is 29.3 Å². The van der Waals surface area contributed by atoms with E-state index in [0.717, 1.165) is 54.3 Å². The third-order valence-electron chi connectivity index (χ3n) is 5.30. The van der Waals surface area contributed by atoms with Crippen LogP contribution < -0.4 is 10.2 Å². The number of hydrogen-bond donors (Lipinski definition) is 1. The number of fused-ring (bicyclic) bond motifs is 1. The Hall–Kier alpha value is -2.02. The molecular formula is C21H25ClIN7O2. The van der Waals surface area contributed by atoms with Gasteiger partial charge >= 0.3 is 0 Å². The summed E-state index contributed by atoms with van der Waals surface area (Å²) in [6.45, 7) is 5.32. The molecule has 1 N–H and O–H groups in total. The molecule has 9 nitrogen and oxygen atoms in total. The summed E-state index contributed by atoms with van der Waals surface area (Å²) >= 11 is 8.77. The molecule has 3 heterocycles. The fourth-order valence-electron chi connectivity index (χ4n) is 3.53. The molecule has 1 amide bonds. The fraction of sp³-hybridized carbons (Fsp3) is 0.429. The smallest absolute Gasteiger partial charge is 0.224 e. The zero-order valence-electron chi connectivity index (χ0n) is 17.6. The molecule has 0 atom stereocenters. The standard InChI is InChI=1S/C21H25ClIN7O2/c22-18-11-16(1-2-17(18)13-28-7-9-32-10-8-28)12-21(31)24-5-6-29(14-23)20-4-3-19-26-25-15-30(19)27-20/h1-4,11,15H,5-10,12-14H2,(H,24,31). The first kappa shape index (κ1) is 23.1. The van der Waals surface area contributed by atoms with Crippen molar-refractivity contribution >= 4 is 51.6 Å². The van der Waals surface area contributed by atoms with Crippen LogP contribution in [0.15, 0.2) is 36.7 Å². The fourth-order valence-corrected chi connectivity index (χ4v) is 4.48. The van der Waals surface area contributed by atoms with Gasteiger partial charge in [0.1, 0.15) is 12.1 Å². The van der Waals surface area contributed by atoms with Crippen molar-refractivity contribution < 1.29 is 9.53 Å². The predicted octanol–water partition coefficient (Wildman–Crippen LogP) is 2.17. The summed E-state index contributed by atoms with van der Waals surface area (Å²) in [6, 6.07) is 9.68. The molecule has 0 aliphatic carbocycles. The van der Waals surface area contributed by atoms with E-state index in [-0.39, 0.29) is 5.91 Å². The van der Waals surface area contributed by atoms with E-state index in [0.29, 0.717) is 30.2 Å². The number of anilines is 1. The van der Waals surface area contributed by atoms with Crippen LogP contribution in [0.4, 0.5) is 5.82 Å². The Morgan fingerprint density at radius 3 is 2.88 bits per heavy atom. The van der Waals surface area contributed by atoms with Crippen LogP contribution in [0.5, 0.6) is 0 Å². The highest BCUT2D eigenvalue weighted by Crippen LogP contribution is 2.20. The number of nitrogens with zero attached hydrogens (tertiary/aromatic N) is 6. The van der Waals surface area contributed by atoms with E-state index in [1.807, 2.05) is 30.3 Å². The molecule has 1 saturated heterocycles. The molecule has 11 heteroatoms. The lowest BCUT2D eigenvalue weighted by Crippen LogP contribution is -2.36. The van der Waals surface area contributed by atoms with Crippen molar-refractivity contribution in [3.8, 4) is 0 Å². The summed E-state index contributed by atoms with van der Waals surface area (Å²) in [5.74, 6) is 0.779. The van der Waals surface area contributed by atoms with Crippen LogP contribution >= 0.6 is 34.2 Å². The Labute approximate surface area is 205 Å². The molecule has 0 radical (unpaired) electrons. The van der Waals surface area contributed by atoms with Gasteiger partial charge in [-0.2, -0.15) is 4.52 Å². The zero-order valence-corrected chi connectivity index (χ0v) is 20.5. The van der Waals surface area contributed by atoms with E-state index in [1.165, 1.54) is 0 Å². The number of morpholine rings is 1. The summed E-state index contributed by atoms with van der Waals surface area (Å²) < 4.78 is 7.77. The molecule has 0 spiro atoms. The van der Waals surface area contributed by atoms with Gasteiger partial charge in [0.15, 0.2) is 5.65 Å². The maximum atomic E-state index is 12.4. The molecule has 0 unspecified atom stereocenters. The number of ether oxygens (including phenoxy) is 1. The average Bonchev–Trinajstić information content (AvgIpc) is 3.27. The number of benzene rings is 1.